The number of nitrogens with zero attached hydrogens (tertiary/aromatic N) is 2. The second-order valence-electron chi connectivity index (χ2n) is 4.24. The lowest BCUT2D eigenvalue weighted by molar-refractivity contribution is -0.137. The number of likely N-dealkylation sites (N-methyl/N-ethyl adjacent to an activating group) is 1. The molecule has 0 aliphatic carbocycles. The third-order valence-corrected chi connectivity index (χ3v) is 3.04. The molecule has 0 saturated heterocycles. The highest BCUT2D eigenvalue weighted by atomic mass is 79.9. The van der Waals surface area contributed by atoms with Crippen molar-refractivity contribution in [2.24, 2.45) is 0 Å². The topological polar surface area (TPSA) is 28.2 Å². The first kappa shape index (κ1) is 15.2. The Morgan fingerprint density at radius 1 is 1.44 bits per heavy atom. The lowest BCUT2D eigenvalue weighted by Crippen LogP contribution is -2.32. The van der Waals surface area contributed by atoms with Crippen molar-refractivity contribution >= 4 is 21.7 Å². The summed E-state index contributed by atoms with van der Waals surface area (Å²) in [6.07, 6.45) is -3.07. The molecule has 102 valence electrons. The van der Waals surface area contributed by atoms with Crippen LogP contribution in [0, 0.1) is 0 Å². The first-order valence-corrected chi connectivity index (χ1v) is 6.14. The standard InChI is InChI=1S/C11H15BrF3N3/c1-7(18(2)3)5-16-10-9(11(13,14)15)4-8(12)6-17-10/h4,6-7H,5H2,1-3H3,(H,16,17). The van der Waals surface area contributed by atoms with E-state index in [0.29, 0.717) is 11.0 Å². The van der Waals surface area contributed by atoms with Crippen LogP contribution < -0.4 is 5.32 Å². The smallest absolute Gasteiger partial charge is 0.368 e. The average Bonchev–Trinajstić information content (AvgIpc) is 2.25. The zero-order valence-corrected chi connectivity index (χ0v) is 11.9. The Morgan fingerprint density at radius 2 is 2.06 bits per heavy atom. The van der Waals surface area contributed by atoms with Gasteiger partial charge in [0.25, 0.3) is 0 Å². The molecule has 0 spiro atoms. The molecule has 0 saturated carbocycles. The maximum Gasteiger partial charge on any atom is 0.419 e. The maximum absolute atomic E-state index is 12.8. The molecule has 1 aromatic rings. The molecule has 0 amide bonds. The van der Waals surface area contributed by atoms with Crippen LogP contribution in [-0.2, 0) is 6.18 Å². The fraction of sp³-hybridized carbons (Fsp3) is 0.545. The Hall–Kier alpha value is -0.820. The van der Waals surface area contributed by atoms with Crippen LogP contribution in [0.2, 0.25) is 0 Å². The van der Waals surface area contributed by atoms with Crippen molar-refractivity contribution < 1.29 is 13.2 Å². The second kappa shape index (κ2) is 5.88. The average molecular weight is 326 g/mol. The maximum atomic E-state index is 12.8. The number of alkyl halides is 3. The molecular formula is C11H15BrF3N3. The fourth-order valence-corrected chi connectivity index (χ4v) is 1.55. The van der Waals surface area contributed by atoms with E-state index in [0.717, 1.165) is 6.07 Å². The van der Waals surface area contributed by atoms with Crippen molar-refractivity contribution in [3.63, 3.8) is 0 Å². The summed E-state index contributed by atoms with van der Waals surface area (Å²) in [7, 11) is 3.73. The van der Waals surface area contributed by atoms with Crippen molar-refractivity contribution in [3.05, 3.63) is 22.3 Å². The Kier molecular flexibility index (Phi) is 4.98. The summed E-state index contributed by atoms with van der Waals surface area (Å²) in [6, 6.07) is 1.13. The first-order chi connectivity index (χ1) is 8.21. The van der Waals surface area contributed by atoms with Crippen molar-refractivity contribution in [2.75, 3.05) is 26.0 Å². The molecule has 7 heteroatoms. The van der Waals surface area contributed by atoms with E-state index < -0.39 is 11.7 Å². The SMILES string of the molecule is CC(CNc1ncc(Br)cc1C(F)(F)F)N(C)C. The minimum atomic E-state index is -4.42. The third kappa shape index (κ3) is 4.13. The van der Waals surface area contributed by atoms with Crippen molar-refractivity contribution in [2.45, 2.75) is 19.1 Å². The van der Waals surface area contributed by atoms with E-state index in [4.69, 9.17) is 0 Å². The van der Waals surface area contributed by atoms with Crippen LogP contribution in [0.3, 0.4) is 0 Å². The zero-order chi connectivity index (χ0) is 13.9. The predicted octanol–water partition coefficient (Wildman–Crippen LogP) is 3.22. The third-order valence-electron chi connectivity index (χ3n) is 2.61. The normalized spacial score (nSPS) is 13.8. The fourth-order valence-electron chi connectivity index (χ4n) is 1.22. The molecule has 0 radical (unpaired) electrons. The minimum absolute atomic E-state index is 0.108. The van der Waals surface area contributed by atoms with E-state index in [2.05, 4.69) is 26.2 Å². The summed E-state index contributed by atoms with van der Waals surface area (Å²) in [5, 5.41) is 2.73. The highest BCUT2D eigenvalue weighted by Gasteiger charge is 2.34. The van der Waals surface area contributed by atoms with Gasteiger partial charge in [0, 0.05) is 23.3 Å². The highest BCUT2D eigenvalue weighted by Crippen LogP contribution is 2.35. The molecule has 0 aliphatic rings. The summed E-state index contributed by atoms with van der Waals surface area (Å²) >= 11 is 2.99. The van der Waals surface area contributed by atoms with E-state index in [1.165, 1.54) is 6.20 Å². The number of nitrogens with one attached hydrogen (secondary N) is 1. The van der Waals surface area contributed by atoms with E-state index >= 15 is 0 Å². The van der Waals surface area contributed by atoms with E-state index in [1.54, 1.807) is 0 Å². The number of pyridine rings is 1. The predicted molar refractivity (Wildman–Crippen MR) is 68.6 cm³/mol. The van der Waals surface area contributed by atoms with Gasteiger partial charge in [0.2, 0.25) is 0 Å². The summed E-state index contributed by atoms with van der Waals surface area (Å²) in [5.41, 5.74) is -0.761. The second-order valence-corrected chi connectivity index (χ2v) is 5.16. The van der Waals surface area contributed by atoms with Crippen molar-refractivity contribution in [1.82, 2.24) is 9.88 Å². The molecule has 1 unspecified atom stereocenters. The van der Waals surface area contributed by atoms with Gasteiger partial charge in [-0.1, -0.05) is 0 Å². The monoisotopic (exact) mass is 325 g/mol. The number of halogens is 4. The van der Waals surface area contributed by atoms with Gasteiger partial charge >= 0.3 is 6.18 Å². The first-order valence-electron chi connectivity index (χ1n) is 5.35. The Bertz CT molecular complexity index is 407. The summed E-state index contributed by atoms with van der Waals surface area (Å²) in [5.74, 6) is -0.139. The molecule has 0 aliphatic heterocycles. The van der Waals surface area contributed by atoms with Gasteiger partial charge in [0.1, 0.15) is 5.82 Å². The van der Waals surface area contributed by atoms with Gasteiger partial charge in [-0.25, -0.2) is 4.98 Å². The van der Waals surface area contributed by atoms with E-state index in [-0.39, 0.29) is 11.9 Å². The molecule has 1 rings (SSSR count). The van der Waals surface area contributed by atoms with Crippen LogP contribution in [0.5, 0.6) is 0 Å². The van der Waals surface area contributed by atoms with E-state index in [9.17, 15) is 13.2 Å². The Balaban J connectivity index is 2.89. The molecule has 0 bridgehead atoms. The van der Waals surface area contributed by atoms with E-state index in [1.807, 2.05) is 25.9 Å². The summed E-state index contributed by atoms with van der Waals surface area (Å²) in [6.45, 7) is 2.31. The van der Waals surface area contributed by atoms with Crippen LogP contribution in [0.15, 0.2) is 16.7 Å². The van der Waals surface area contributed by atoms with Crippen LogP contribution in [-0.4, -0.2) is 36.6 Å². The van der Waals surface area contributed by atoms with Crippen LogP contribution in [0.4, 0.5) is 19.0 Å². The Labute approximate surface area is 113 Å². The van der Waals surface area contributed by atoms with Gasteiger partial charge in [-0.05, 0) is 43.0 Å². The molecular weight excluding hydrogens is 311 g/mol. The number of anilines is 1. The van der Waals surface area contributed by atoms with Gasteiger partial charge in [0.15, 0.2) is 0 Å². The Morgan fingerprint density at radius 3 is 2.56 bits per heavy atom. The van der Waals surface area contributed by atoms with Crippen molar-refractivity contribution in [3.8, 4) is 0 Å². The van der Waals surface area contributed by atoms with Crippen LogP contribution in [0.25, 0.3) is 0 Å². The summed E-state index contributed by atoms with van der Waals surface area (Å²) in [4.78, 5) is 5.70. The van der Waals surface area contributed by atoms with Gasteiger partial charge in [-0.3, -0.25) is 0 Å². The van der Waals surface area contributed by atoms with Gasteiger partial charge in [-0.2, -0.15) is 13.2 Å². The highest BCUT2D eigenvalue weighted by molar-refractivity contribution is 9.10. The molecule has 3 nitrogen and oxygen atoms in total. The number of rotatable bonds is 4. The van der Waals surface area contributed by atoms with Gasteiger partial charge < -0.3 is 10.2 Å². The van der Waals surface area contributed by atoms with Crippen molar-refractivity contribution in [1.29, 1.82) is 0 Å². The molecule has 18 heavy (non-hydrogen) atoms. The van der Waals surface area contributed by atoms with Gasteiger partial charge in [-0.15, -0.1) is 0 Å². The molecule has 1 atom stereocenters. The lowest BCUT2D eigenvalue weighted by atomic mass is 10.2. The summed E-state index contributed by atoms with van der Waals surface area (Å²) < 4.78 is 38.7. The molecule has 0 aromatic carbocycles. The number of hydrogen-bond acceptors (Lipinski definition) is 3. The van der Waals surface area contributed by atoms with Crippen LogP contribution in [0.1, 0.15) is 12.5 Å². The molecule has 1 heterocycles. The lowest BCUT2D eigenvalue weighted by Gasteiger charge is -2.21. The largest absolute Gasteiger partial charge is 0.419 e. The minimum Gasteiger partial charge on any atom is -0.368 e. The number of hydrogen-bond donors (Lipinski definition) is 1. The quantitative estimate of drug-likeness (QED) is 0.921. The molecule has 0 fully saturated rings. The molecule has 1 N–H and O–H groups in total. The van der Waals surface area contributed by atoms with Gasteiger partial charge in [0.05, 0.1) is 5.56 Å². The molecule has 1 aromatic heterocycles. The van der Waals surface area contributed by atoms with Crippen LogP contribution >= 0.6 is 15.9 Å². The zero-order valence-electron chi connectivity index (χ0n) is 10.3. The number of aromatic nitrogens is 1.